The minimum absolute atomic E-state index is 0.848. The summed E-state index contributed by atoms with van der Waals surface area (Å²) < 4.78 is 2.08. The van der Waals surface area contributed by atoms with E-state index in [2.05, 4.69) is 36.6 Å². The molecular weight excluding hydrogens is 266 g/mol. The maximum absolute atomic E-state index is 5.94. The summed E-state index contributed by atoms with van der Waals surface area (Å²) in [5.41, 5.74) is 11.3. The van der Waals surface area contributed by atoms with Gasteiger partial charge in [-0.25, -0.2) is 4.98 Å². The molecule has 0 aliphatic carbocycles. The maximum atomic E-state index is 5.94. The van der Waals surface area contributed by atoms with Crippen LogP contribution in [0.1, 0.15) is 16.8 Å². The van der Waals surface area contributed by atoms with Crippen LogP contribution >= 0.6 is 11.8 Å². The second kappa shape index (κ2) is 5.21. The molecule has 0 atom stereocenters. The number of nitrogens with zero attached hydrogens (tertiary/aromatic N) is 2. The highest BCUT2D eigenvalue weighted by Gasteiger charge is 2.06. The van der Waals surface area contributed by atoms with Crippen molar-refractivity contribution < 1.29 is 0 Å². The van der Waals surface area contributed by atoms with Gasteiger partial charge in [0.2, 0.25) is 0 Å². The molecule has 102 valence electrons. The molecule has 20 heavy (non-hydrogen) atoms. The molecule has 3 rings (SSSR count). The number of nitrogens with two attached hydrogens (primary N) is 1. The summed E-state index contributed by atoms with van der Waals surface area (Å²) in [7, 11) is 0. The predicted molar refractivity (Wildman–Crippen MR) is 85.1 cm³/mol. The first-order valence-electron chi connectivity index (χ1n) is 6.56. The number of anilines is 1. The molecule has 0 saturated carbocycles. The van der Waals surface area contributed by atoms with Gasteiger partial charge in [-0.1, -0.05) is 12.1 Å². The molecule has 0 unspecified atom stereocenters. The summed E-state index contributed by atoms with van der Waals surface area (Å²) >= 11 is 1.78. The Bertz CT molecular complexity index is 762. The van der Waals surface area contributed by atoms with Crippen LogP contribution in [0, 0.1) is 13.8 Å². The van der Waals surface area contributed by atoms with E-state index >= 15 is 0 Å². The zero-order valence-electron chi connectivity index (χ0n) is 11.6. The fourth-order valence-electron chi connectivity index (χ4n) is 2.21. The molecule has 3 nitrogen and oxygen atoms in total. The van der Waals surface area contributed by atoms with Gasteiger partial charge < -0.3 is 10.1 Å². The Morgan fingerprint density at radius 1 is 1.20 bits per heavy atom. The number of rotatable bonds is 3. The monoisotopic (exact) mass is 283 g/mol. The van der Waals surface area contributed by atoms with Crippen LogP contribution in [0.5, 0.6) is 0 Å². The first-order chi connectivity index (χ1) is 9.65. The number of aryl methyl sites for hydroxylation is 1. The molecule has 0 saturated heterocycles. The number of pyridine rings is 1. The Kier molecular flexibility index (Phi) is 3.40. The Labute approximate surface area is 122 Å². The molecule has 0 amide bonds. The average Bonchev–Trinajstić information content (AvgIpc) is 2.85. The van der Waals surface area contributed by atoms with E-state index in [1.807, 2.05) is 24.4 Å². The average molecular weight is 283 g/mol. The van der Waals surface area contributed by atoms with E-state index in [9.17, 15) is 0 Å². The van der Waals surface area contributed by atoms with Crippen LogP contribution in [0.3, 0.4) is 0 Å². The lowest BCUT2D eigenvalue weighted by molar-refractivity contribution is 1.16. The van der Waals surface area contributed by atoms with Gasteiger partial charge in [0.15, 0.2) is 0 Å². The number of thioether (sulfide) groups is 1. The highest BCUT2D eigenvalue weighted by atomic mass is 32.2. The van der Waals surface area contributed by atoms with E-state index in [1.165, 1.54) is 10.5 Å². The van der Waals surface area contributed by atoms with Crippen molar-refractivity contribution in [2.75, 3.05) is 5.73 Å². The van der Waals surface area contributed by atoms with Crippen LogP contribution in [0.4, 0.5) is 5.69 Å². The van der Waals surface area contributed by atoms with E-state index in [1.54, 1.807) is 11.8 Å². The second-order valence-electron chi connectivity index (χ2n) is 4.91. The molecule has 3 aromatic rings. The van der Waals surface area contributed by atoms with E-state index in [4.69, 9.17) is 10.7 Å². The van der Waals surface area contributed by atoms with Gasteiger partial charge in [-0.15, -0.1) is 11.8 Å². The summed E-state index contributed by atoms with van der Waals surface area (Å²) in [6.07, 6.45) is 4.13. The minimum Gasteiger partial charge on any atom is -0.398 e. The van der Waals surface area contributed by atoms with Crippen molar-refractivity contribution in [3.8, 4) is 0 Å². The Morgan fingerprint density at radius 3 is 2.85 bits per heavy atom. The molecule has 0 bridgehead atoms. The molecular formula is C16H17N3S. The maximum Gasteiger partial charge on any atom is 0.139 e. The number of hydrogen-bond acceptors (Lipinski definition) is 3. The standard InChI is InChI=1S/C16H17N3S/c1-11-5-4-8-19-9-13(18-16(11)19)10-20-15-7-3-6-14(17)12(15)2/h3-9H,10,17H2,1-2H3. The van der Waals surface area contributed by atoms with Crippen molar-refractivity contribution >= 4 is 23.1 Å². The van der Waals surface area contributed by atoms with Crippen LogP contribution in [-0.2, 0) is 5.75 Å². The van der Waals surface area contributed by atoms with Crippen molar-refractivity contribution in [1.82, 2.24) is 9.38 Å². The van der Waals surface area contributed by atoms with Gasteiger partial charge in [-0.2, -0.15) is 0 Å². The summed E-state index contributed by atoms with van der Waals surface area (Å²) in [6.45, 7) is 4.15. The molecule has 0 fully saturated rings. The molecule has 0 aliphatic rings. The highest BCUT2D eigenvalue weighted by molar-refractivity contribution is 7.98. The van der Waals surface area contributed by atoms with E-state index < -0.39 is 0 Å². The second-order valence-corrected chi connectivity index (χ2v) is 5.93. The quantitative estimate of drug-likeness (QED) is 0.587. The molecule has 2 N–H and O–H groups in total. The summed E-state index contributed by atoms with van der Waals surface area (Å²) in [4.78, 5) is 5.91. The van der Waals surface area contributed by atoms with Crippen LogP contribution in [0.25, 0.3) is 5.65 Å². The summed E-state index contributed by atoms with van der Waals surface area (Å²) in [5, 5.41) is 0. The van der Waals surface area contributed by atoms with Crippen molar-refractivity contribution in [2.45, 2.75) is 24.5 Å². The molecule has 1 aromatic carbocycles. The van der Waals surface area contributed by atoms with Crippen LogP contribution in [0.15, 0.2) is 47.6 Å². The SMILES string of the molecule is Cc1c(N)cccc1SCc1cn2cccc(C)c2n1. The largest absolute Gasteiger partial charge is 0.398 e. The van der Waals surface area contributed by atoms with Crippen LogP contribution < -0.4 is 5.73 Å². The van der Waals surface area contributed by atoms with Gasteiger partial charge in [0.05, 0.1) is 5.69 Å². The smallest absolute Gasteiger partial charge is 0.139 e. The van der Waals surface area contributed by atoms with Gasteiger partial charge in [-0.05, 0) is 43.2 Å². The first-order valence-corrected chi connectivity index (χ1v) is 7.55. The highest BCUT2D eigenvalue weighted by Crippen LogP contribution is 2.28. The van der Waals surface area contributed by atoms with Crippen molar-refractivity contribution in [2.24, 2.45) is 0 Å². The summed E-state index contributed by atoms with van der Waals surface area (Å²) in [5.74, 6) is 0.853. The molecule has 2 heterocycles. The predicted octanol–water partition coefficient (Wildman–Crippen LogP) is 3.83. The Hall–Kier alpha value is -1.94. The van der Waals surface area contributed by atoms with Crippen molar-refractivity contribution in [3.05, 3.63) is 59.5 Å². The molecule has 2 aromatic heterocycles. The molecule has 0 aliphatic heterocycles. The van der Waals surface area contributed by atoms with Gasteiger partial charge in [-0.3, -0.25) is 0 Å². The molecule has 0 radical (unpaired) electrons. The van der Waals surface area contributed by atoms with Crippen LogP contribution in [0.2, 0.25) is 0 Å². The third-order valence-corrected chi connectivity index (χ3v) is 4.62. The van der Waals surface area contributed by atoms with Crippen molar-refractivity contribution in [1.29, 1.82) is 0 Å². The van der Waals surface area contributed by atoms with E-state index in [-0.39, 0.29) is 0 Å². The third-order valence-electron chi connectivity index (χ3n) is 3.43. The molecule has 0 spiro atoms. The number of fused-ring (bicyclic) bond motifs is 1. The van der Waals surface area contributed by atoms with Gasteiger partial charge in [0, 0.05) is 28.7 Å². The number of benzene rings is 1. The van der Waals surface area contributed by atoms with Gasteiger partial charge >= 0.3 is 0 Å². The number of aromatic nitrogens is 2. The lowest BCUT2D eigenvalue weighted by Crippen LogP contribution is -1.91. The Morgan fingerprint density at radius 2 is 2.05 bits per heavy atom. The fourth-order valence-corrected chi connectivity index (χ4v) is 3.17. The number of nitrogen functional groups attached to an aromatic ring is 1. The first kappa shape index (κ1) is 13.1. The number of imidazole rings is 1. The zero-order valence-corrected chi connectivity index (χ0v) is 12.4. The van der Waals surface area contributed by atoms with E-state index in [0.717, 1.165) is 28.3 Å². The summed E-state index contributed by atoms with van der Waals surface area (Å²) in [6, 6.07) is 10.2. The topological polar surface area (TPSA) is 43.3 Å². The van der Waals surface area contributed by atoms with Crippen molar-refractivity contribution in [3.63, 3.8) is 0 Å². The Balaban J connectivity index is 1.83. The normalized spacial score (nSPS) is 11.1. The lowest BCUT2D eigenvalue weighted by Gasteiger charge is -2.06. The number of hydrogen-bond donors (Lipinski definition) is 1. The lowest BCUT2D eigenvalue weighted by atomic mass is 10.2. The molecule has 4 heteroatoms. The van der Waals surface area contributed by atoms with Gasteiger partial charge in [0.25, 0.3) is 0 Å². The fraction of sp³-hybridized carbons (Fsp3) is 0.188. The third kappa shape index (κ3) is 2.39. The van der Waals surface area contributed by atoms with E-state index in [0.29, 0.717) is 0 Å². The zero-order chi connectivity index (χ0) is 14.1. The van der Waals surface area contributed by atoms with Gasteiger partial charge in [0.1, 0.15) is 5.65 Å². The minimum atomic E-state index is 0.848. The van der Waals surface area contributed by atoms with Crippen LogP contribution in [-0.4, -0.2) is 9.38 Å².